The number of aromatic hydroxyl groups is 3. The second-order valence-electron chi connectivity index (χ2n) is 10.0. The summed E-state index contributed by atoms with van der Waals surface area (Å²) in [6, 6.07) is 4.38. The van der Waals surface area contributed by atoms with Crippen molar-refractivity contribution in [3.05, 3.63) is 78.3 Å². The molecule has 41 heavy (non-hydrogen) atoms. The van der Waals surface area contributed by atoms with Gasteiger partial charge in [0.2, 0.25) is 5.43 Å². The zero-order chi connectivity index (χ0) is 29.3. The van der Waals surface area contributed by atoms with Gasteiger partial charge in [0.1, 0.15) is 39.5 Å². The number of phenolic OH excluding ortho intramolecular Hbond substituents is 2. The molecule has 0 fully saturated rings. The number of phenols is 2. The largest absolute Gasteiger partial charge is 0.510 e. The molecule has 3 aliphatic rings. The van der Waals surface area contributed by atoms with Gasteiger partial charge in [-0.2, -0.15) is 0 Å². The number of aliphatic hydroxyl groups is 1. The van der Waals surface area contributed by atoms with E-state index < -0.39 is 67.4 Å². The highest BCUT2D eigenvalue weighted by atomic mass is 16.6. The van der Waals surface area contributed by atoms with Gasteiger partial charge in [-0.15, -0.1) is 0 Å². The molecule has 7 rings (SSSR count). The maximum absolute atomic E-state index is 14.4. The molecule has 3 aromatic carbocycles. The Morgan fingerprint density at radius 1 is 0.854 bits per heavy atom. The maximum Gasteiger partial charge on any atom is 0.343 e. The monoisotopic (exact) mass is 558 g/mol. The van der Waals surface area contributed by atoms with Gasteiger partial charge in [-0.3, -0.25) is 14.4 Å². The van der Waals surface area contributed by atoms with Crippen LogP contribution in [0, 0.1) is 0 Å². The number of ketones is 1. The molecule has 1 aromatic heterocycles. The van der Waals surface area contributed by atoms with Gasteiger partial charge < -0.3 is 39.1 Å². The summed E-state index contributed by atoms with van der Waals surface area (Å²) in [5.74, 6) is -5.35. The Morgan fingerprint density at radius 3 is 2.27 bits per heavy atom. The number of rotatable bonds is 2. The average molecular weight is 558 g/mol. The first kappa shape index (κ1) is 24.5. The van der Waals surface area contributed by atoms with Gasteiger partial charge in [-0.1, -0.05) is 0 Å². The van der Waals surface area contributed by atoms with Crippen molar-refractivity contribution in [3.8, 4) is 28.9 Å². The summed E-state index contributed by atoms with van der Waals surface area (Å²) in [4.78, 5) is 54.5. The molecule has 0 saturated carbocycles. The summed E-state index contributed by atoms with van der Waals surface area (Å²) in [5, 5.41) is 42.9. The van der Waals surface area contributed by atoms with Crippen molar-refractivity contribution in [2.45, 2.75) is 17.9 Å². The minimum Gasteiger partial charge on any atom is -0.510 e. The molecule has 2 aliphatic carbocycles. The third-order valence-corrected chi connectivity index (χ3v) is 8.29. The first-order chi connectivity index (χ1) is 19.4. The number of hydrogen-bond acceptors (Lipinski definition) is 12. The Bertz CT molecular complexity index is 2190. The molecule has 206 valence electrons. The van der Waals surface area contributed by atoms with Crippen LogP contribution in [-0.2, 0) is 20.5 Å². The molecule has 0 saturated heterocycles. The highest BCUT2D eigenvalue weighted by Crippen LogP contribution is 2.65. The van der Waals surface area contributed by atoms with Crippen molar-refractivity contribution in [2.75, 3.05) is 14.2 Å². The first-order valence-electron chi connectivity index (χ1n) is 12.1. The Hall–Kier alpha value is -5.52. The zero-order valence-electron chi connectivity index (χ0n) is 21.4. The molecule has 0 unspecified atom stereocenters. The minimum atomic E-state index is -2.53. The molecule has 1 aliphatic heterocycles. The van der Waals surface area contributed by atoms with E-state index in [0.717, 1.165) is 18.2 Å². The molecule has 2 spiro atoms. The van der Waals surface area contributed by atoms with E-state index in [1.165, 1.54) is 33.3 Å². The molecule has 2 atom stereocenters. The first-order valence-corrected chi connectivity index (χ1v) is 12.1. The summed E-state index contributed by atoms with van der Waals surface area (Å²) in [5.41, 5.74) is -7.52. The van der Waals surface area contributed by atoms with Gasteiger partial charge in [0.15, 0.2) is 28.0 Å². The summed E-state index contributed by atoms with van der Waals surface area (Å²) < 4.78 is 22.2. The summed E-state index contributed by atoms with van der Waals surface area (Å²) >= 11 is 0. The number of benzene rings is 3. The zero-order valence-corrected chi connectivity index (χ0v) is 21.4. The molecular weight excluding hydrogens is 540 g/mol. The van der Waals surface area contributed by atoms with Gasteiger partial charge in [0, 0.05) is 40.1 Å². The second kappa shape index (κ2) is 7.36. The van der Waals surface area contributed by atoms with Gasteiger partial charge in [-0.25, -0.2) is 4.79 Å². The van der Waals surface area contributed by atoms with Crippen LogP contribution in [-0.4, -0.2) is 46.4 Å². The fourth-order valence-electron chi connectivity index (χ4n) is 6.76. The van der Waals surface area contributed by atoms with Gasteiger partial charge in [0.25, 0.3) is 5.95 Å². The van der Waals surface area contributed by atoms with Crippen LogP contribution in [0.5, 0.6) is 28.9 Å². The maximum atomic E-state index is 14.4. The van der Waals surface area contributed by atoms with E-state index in [-0.39, 0.29) is 50.1 Å². The Labute approximate surface area is 227 Å². The van der Waals surface area contributed by atoms with Crippen molar-refractivity contribution in [1.82, 2.24) is 0 Å². The topological polar surface area (TPSA) is 190 Å². The fraction of sp³-hybridized carbons (Fsp3) is 0.172. The highest BCUT2D eigenvalue weighted by molar-refractivity contribution is 6.22. The molecule has 4 aromatic rings. The molecule has 2 heterocycles. The number of allylic oxidation sites excluding steroid dienone is 1. The van der Waals surface area contributed by atoms with Gasteiger partial charge in [0.05, 0.1) is 19.4 Å². The average Bonchev–Trinajstić information content (AvgIpc) is 3.34. The summed E-state index contributed by atoms with van der Waals surface area (Å²) in [7, 11) is 2.51. The van der Waals surface area contributed by atoms with Crippen LogP contribution in [0.25, 0.3) is 27.5 Å². The molecule has 0 bridgehead atoms. The fourth-order valence-corrected chi connectivity index (χ4v) is 6.76. The van der Waals surface area contributed by atoms with Crippen molar-refractivity contribution in [1.29, 1.82) is 0 Å². The van der Waals surface area contributed by atoms with Crippen LogP contribution in [0.1, 0.15) is 28.4 Å². The van der Waals surface area contributed by atoms with E-state index in [1.807, 2.05) is 0 Å². The number of aliphatic hydroxyl groups excluding tert-OH is 1. The number of ether oxygens (including phenoxy) is 3. The molecule has 12 nitrogen and oxygen atoms in total. The Kier molecular flexibility index (Phi) is 4.40. The smallest absolute Gasteiger partial charge is 0.343 e. The SMILES string of the molecule is COc1cc(O)c2c(c1)[C@@]1(OC2=O)C(C)=CC(=O)[C@]12C(O)=c1c(=O)c(O)cc3oc(O)c4c(=O)cc(OC)c2c4c13. The molecular formula is C29H18O12. The lowest BCUT2D eigenvalue weighted by molar-refractivity contribution is -0.123. The standard InChI is InChI=1S/C29H18O12/c1-9-4-17(33)28(29(9)11-5-10(38-2)6-12(30)18(11)27(37)41-29)23-16(39-3)7-13(31)19-21(23)20-15(40-26(19)36)8-14(32)24(34)22(20)25(28)35/h4-8,30,32,35-36H,1-3H3/t28-,29-/m0/s1. The van der Waals surface area contributed by atoms with Crippen molar-refractivity contribution in [3.63, 3.8) is 0 Å². The second-order valence-corrected chi connectivity index (χ2v) is 10.0. The van der Waals surface area contributed by atoms with Crippen LogP contribution in [0.3, 0.4) is 0 Å². The van der Waals surface area contributed by atoms with Gasteiger partial charge >= 0.3 is 5.97 Å². The van der Waals surface area contributed by atoms with Crippen molar-refractivity contribution < 1.29 is 48.6 Å². The Balaban J connectivity index is 1.85. The van der Waals surface area contributed by atoms with E-state index >= 15 is 0 Å². The minimum absolute atomic E-state index is 0.0737. The van der Waals surface area contributed by atoms with Crippen molar-refractivity contribution in [2.24, 2.45) is 0 Å². The number of esters is 1. The number of carbonyl (C=O) groups is 2. The number of fused-ring (bicyclic) bond motifs is 4. The Morgan fingerprint density at radius 2 is 1.59 bits per heavy atom. The number of methoxy groups -OCH3 is 2. The van der Waals surface area contributed by atoms with Crippen LogP contribution < -0.4 is 25.5 Å². The van der Waals surface area contributed by atoms with E-state index in [0.29, 0.717) is 0 Å². The lowest BCUT2D eigenvalue weighted by Gasteiger charge is -2.44. The molecule has 0 amide bonds. The van der Waals surface area contributed by atoms with E-state index in [1.54, 1.807) is 0 Å². The van der Waals surface area contributed by atoms with E-state index in [9.17, 15) is 39.6 Å². The quantitative estimate of drug-likeness (QED) is 0.206. The molecule has 12 heteroatoms. The summed E-state index contributed by atoms with van der Waals surface area (Å²) in [6.07, 6.45) is 1.11. The third kappa shape index (κ3) is 2.42. The lowest BCUT2D eigenvalue weighted by atomic mass is 9.59. The van der Waals surface area contributed by atoms with Crippen LogP contribution in [0.4, 0.5) is 0 Å². The number of carbonyl (C=O) groups excluding carboxylic acids is 2. The van der Waals surface area contributed by atoms with Crippen LogP contribution in [0.15, 0.2) is 49.9 Å². The van der Waals surface area contributed by atoms with Crippen molar-refractivity contribution >= 4 is 39.3 Å². The lowest BCUT2D eigenvalue weighted by Crippen LogP contribution is -2.56. The van der Waals surface area contributed by atoms with E-state index in [4.69, 9.17) is 18.6 Å². The third-order valence-electron chi connectivity index (χ3n) is 8.29. The normalized spacial score (nSPS) is 22.2. The highest BCUT2D eigenvalue weighted by Gasteiger charge is 2.73. The predicted molar refractivity (Wildman–Crippen MR) is 140 cm³/mol. The van der Waals surface area contributed by atoms with Crippen LogP contribution >= 0.6 is 0 Å². The number of hydrogen-bond donors (Lipinski definition) is 4. The van der Waals surface area contributed by atoms with E-state index in [2.05, 4.69) is 0 Å². The van der Waals surface area contributed by atoms with Gasteiger partial charge in [-0.05, 0) is 24.6 Å². The molecule has 4 N–H and O–H groups in total. The van der Waals surface area contributed by atoms with Crippen LogP contribution in [0.2, 0.25) is 0 Å². The summed E-state index contributed by atoms with van der Waals surface area (Å²) in [6.45, 7) is 1.45. The molecule has 0 radical (unpaired) electrons. The predicted octanol–water partition coefficient (Wildman–Crippen LogP) is 1.67.